The van der Waals surface area contributed by atoms with Crippen molar-refractivity contribution in [2.75, 3.05) is 16.4 Å². The van der Waals surface area contributed by atoms with Crippen LogP contribution in [-0.2, 0) is 14.8 Å². The standard InChI is InChI=1S/C22H21N3O4S2/c1-15-5-7-16(8-6-15)22(27)25-18-3-2-4-19(13-18)30-14-21(26)24-17-9-11-20(12-10-17)31(23,28)29/h2-13H,14H2,1H3,(H,24,26)(H,25,27)(H2,23,28,29). The molecule has 0 aliphatic heterocycles. The minimum atomic E-state index is -3.77. The molecule has 3 aromatic rings. The molecule has 0 aliphatic rings. The van der Waals surface area contributed by atoms with Gasteiger partial charge in [-0.25, -0.2) is 13.6 Å². The summed E-state index contributed by atoms with van der Waals surface area (Å²) in [6, 6.07) is 20.1. The maximum atomic E-state index is 12.4. The molecule has 0 aromatic heterocycles. The van der Waals surface area contributed by atoms with Gasteiger partial charge in [-0.2, -0.15) is 0 Å². The lowest BCUT2D eigenvalue weighted by Crippen LogP contribution is -2.15. The molecule has 31 heavy (non-hydrogen) atoms. The highest BCUT2D eigenvalue weighted by Gasteiger charge is 2.10. The lowest BCUT2D eigenvalue weighted by Gasteiger charge is -2.09. The maximum absolute atomic E-state index is 12.4. The summed E-state index contributed by atoms with van der Waals surface area (Å²) in [5, 5.41) is 10.6. The number of hydrogen-bond donors (Lipinski definition) is 3. The van der Waals surface area contributed by atoms with Crippen LogP contribution in [0.4, 0.5) is 11.4 Å². The summed E-state index contributed by atoms with van der Waals surface area (Å²) in [7, 11) is -3.77. The Morgan fingerprint density at radius 1 is 0.903 bits per heavy atom. The van der Waals surface area contributed by atoms with E-state index in [0.717, 1.165) is 10.5 Å². The lowest BCUT2D eigenvalue weighted by atomic mass is 10.1. The van der Waals surface area contributed by atoms with E-state index in [9.17, 15) is 18.0 Å². The molecule has 0 saturated heterocycles. The van der Waals surface area contributed by atoms with Crippen LogP contribution in [0.2, 0.25) is 0 Å². The fourth-order valence-corrected chi connectivity index (χ4v) is 3.92. The summed E-state index contributed by atoms with van der Waals surface area (Å²) < 4.78 is 22.6. The second-order valence-electron chi connectivity index (χ2n) is 6.75. The van der Waals surface area contributed by atoms with E-state index in [1.54, 1.807) is 30.3 Å². The molecule has 0 spiro atoms. The maximum Gasteiger partial charge on any atom is 0.255 e. The molecule has 0 unspecified atom stereocenters. The fraction of sp³-hybridized carbons (Fsp3) is 0.0909. The van der Waals surface area contributed by atoms with Crippen LogP contribution >= 0.6 is 11.8 Å². The van der Waals surface area contributed by atoms with Crippen molar-refractivity contribution < 1.29 is 18.0 Å². The quantitative estimate of drug-likeness (QED) is 0.470. The van der Waals surface area contributed by atoms with Crippen LogP contribution in [0.25, 0.3) is 0 Å². The molecule has 0 aliphatic carbocycles. The summed E-state index contributed by atoms with van der Waals surface area (Å²) in [5.41, 5.74) is 2.75. The molecule has 0 heterocycles. The molecule has 0 atom stereocenters. The van der Waals surface area contributed by atoms with Crippen LogP contribution in [-0.4, -0.2) is 26.0 Å². The third-order valence-electron chi connectivity index (χ3n) is 4.24. The number of rotatable bonds is 7. The highest BCUT2D eigenvalue weighted by atomic mass is 32.2. The summed E-state index contributed by atoms with van der Waals surface area (Å²) in [6.07, 6.45) is 0. The number of sulfonamides is 1. The number of hydrogen-bond acceptors (Lipinski definition) is 5. The Hall–Kier alpha value is -3.14. The topological polar surface area (TPSA) is 118 Å². The number of thioether (sulfide) groups is 1. The van der Waals surface area contributed by atoms with E-state index < -0.39 is 10.0 Å². The zero-order chi connectivity index (χ0) is 22.4. The van der Waals surface area contributed by atoms with Gasteiger partial charge in [0, 0.05) is 21.8 Å². The lowest BCUT2D eigenvalue weighted by molar-refractivity contribution is -0.113. The number of benzene rings is 3. The molecule has 0 fully saturated rings. The largest absolute Gasteiger partial charge is 0.325 e. The monoisotopic (exact) mass is 455 g/mol. The fourth-order valence-electron chi connectivity index (χ4n) is 2.65. The first-order chi connectivity index (χ1) is 14.7. The normalized spacial score (nSPS) is 11.0. The van der Waals surface area contributed by atoms with E-state index in [2.05, 4.69) is 10.6 Å². The van der Waals surface area contributed by atoms with Crippen molar-refractivity contribution in [2.45, 2.75) is 16.7 Å². The van der Waals surface area contributed by atoms with E-state index in [4.69, 9.17) is 5.14 Å². The molecular formula is C22H21N3O4S2. The number of amides is 2. The average Bonchev–Trinajstić information content (AvgIpc) is 2.73. The van der Waals surface area contributed by atoms with Crippen LogP contribution in [0.15, 0.2) is 82.6 Å². The van der Waals surface area contributed by atoms with Gasteiger partial charge in [0.2, 0.25) is 15.9 Å². The predicted molar refractivity (Wildman–Crippen MR) is 123 cm³/mol. The van der Waals surface area contributed by atoms with E-state index in [1.807, 2.05) is 25.1 Å². The average molecular weight is 456 g/mol. The van der Waals surface area contributed by atoms with Crippen molar-refractivity contribution in [1.82, 2.24) is 0 Å². The Labute approximate surface area is 185 Å². The number of primary sulfonamides is 1. The van der Waals surface area contributed by atoms with Gasteiger partial charge in [0.1, 0.15) is 0 Å². The zero-order valence-corrected chi connectivity index (χ0v) is 18.3. The third kappa shape index (κ3) is 6.68. The molecular weight excluding hydrogens is 434 g/mol. The number of anilines is 2. The number of carbonyl (C=O) groups is 2. The smallest absolute Gasteiger partial charge is 0.255 e. The molecule has 0 radical (unpaired) electrons. The Kier molecular flexibility index (Phi) is 7.11. The zero-order valence-electron chi connectivity index (χ0n) is 16.7. The van der Waals surface area contributed by atoms with Crippen LogP contribution in [0.3, 0.4) is 0 Å². The second-order valence-corrected chi connectivity index (χ2v) is 9.36. The molecule has 9 heteroatoms. The molecule has 0 bridgehead atoms. The van der Waals surface area contributed by atoms with Crippen LogP contribution < -0.4 is 15.8 Å². The van der Waals surface area contributed by atoms with Crippen LogP contribution in [0.1, 0.15) is 15.9 Å². The Bertz CT molecular complexity index is 1190. The van der Waals surface area contributed by atoms with Gasteiger partial charge in [-0.05, 0) is 61.5 Å². The van der Waals surface area contributed by atoms with Crippen LogP contribution in [0.5, 0.6) is 0 Å². The van der Waals surface area contributed by atoms with Gasteiger partial charge >= 0.3 is 0 Å². The Balaban J connectivity index is 1.55. The first-order valence-electron chi connectivity index (χ1n) is 9.24. The summed E-state index contributed by atoms with van der Waals surface area (Å²) in [5.74, 6) is -0.308. The second kappa shape index (κ2) is 9.78. The molecule has 4 N–H and O–H groups in total. The van der Waals surface area contributed by atoms with Crippen molar-refractivity contribution in [3.8, 4) is 0 Å². The van der Waals surface area contributed by atoms with Crippen molar-refractivity contribution in [1.29, 1.82) is 0 Å². The summed E-state index contributed by atoms with van der Waals surface area (Å²) in [6.45, 7) is 1.96. The molecule has 160 valence electrons. The third-order valence-corrected chi connectivity index (χ3v) is 6.17. The van der Waals surface area contributed by atoms with Gasteiger partial charge in [-0.1, -0.05) is 23.8 Å². The Morgan fingerprint density at radius 3 is 2.23 bits per heavy atom. The molecule has 3 rings (SSSR count). The van der Waals surface area contributed by atoms with Gasteiger partial charge in [-0.15, -0.1) is 11.8 Å². The molecule has 2 amide bonds. The first-order valence-corrected chi connectivity index (χ1v) is 11.8. The van der Waals surface area contributed by atoms with Gasteiger partial charge in [0.05, 0.1) is 10.6 Å². The van der Waals surface area contributed by atoms with E-state index in [0.29, 0.717) is 16.9 Å². The van der Waals surface area contributed by atoms with Crippen molar-refractivity contribution in [3.63, 3.8) is 0 Å². The molecule has 7 nitrogen and oxygen atoms in total. The summed E-state index contributed by atoms with van der Waals surface area (Å²) >= 11 is 1.31. The number of carbonyl (C=O) groups excluding carboxylic acids is 2. The first kappa shape index (κ1) is 22.5. The van der Waals surface area contributed by atoms with E-state index >= 15 is 0 Å². The highest BCUT2D eigenvalue weighted by Crippen LogP contribution is 2.22. The van der Waals surface area contributed by atoms with Gasteiger partial charge < -0.3 is 10.6 Å². The van der Waals surface area contributed by atoms with Gasteiger partial charge in [0.25, 0.3) is 5.91 Å². The van der Waals surface area contributed by atoms with Gasteiger partial charge in [0.15, 0.2) is 0 Å². The van der Waals surface area contributed by atoms with E-state index in [1.165, 1.54) is 36.0 Å². The highest BCUT2D eigenvalue weighted by molar-refractivity contribution is 8.00. The van der Waals surface area contributed by atoms with Crippen molar-refractivity contribution in [3.05, 3.63) is 83.9 Å². The summed E-state index contributed by atoms with van der Waals surface area (Å²) in [4.78, 5) is 25.4. The Morgan fingerprint density at radius 2 is 1.58 bits per heavy atom. The number of nitrogens with one attached hydrogen (secondary N) is 2. The van der Waals surface area contributed by atoms with Crippen molar-refractivity contribution in [2.24, 2.45) is 5.14 Å². The molecule has 0 saturated carbocycles. The predicted octanol–water partition coefficient (Wildman–Crippen LogP) is 3.63. The number of nitrogens with two attached hydrogens (primary N) is 1. The SMILES string of the molecule is Cc1ccc(C(=O)Nc2cccc(SCC(=O)Nc3ccc(S(N)(=O)=O)cc3)c2)cc1. The molecule has 3 aromatic carbocycles. The van der Waals surface area contributed by atoms with E-state index in [-0.39, 0.29) is 22.5 Å². The van der Waals surface area contributed by atoms with Crippen molar-refractivity contribution >= 4 is 45.0 Å². The minimum Gasteiger partial charge on any atom is -0.325 e. The van der Waals surface area contributed by atoms with Crippen LogP contribution in [0, 0.1) is 6.92 Å². The number of aryl methyl sites for hydroxylation is 1. The van der Waals surface area contributed by atoms with Gasteiger partial charge in [-0.3, -0.25) is 9.59 Å². The minimum absolute atomic E-state index is 0.0237.